The molecule has 0 bridgehead atoms. The maximum atomic E-state index is 12.2. The zero-order valence-electron chi connectivity index (χ0n) is 13.9. The van der Waals surface area contributed by atoms with E-state index in [4.69, 9.17) is 21.2 Å². The van der Waals surface area contributed by atoms with Crippen molar-refractivity contribution in [3.63, 3.8) is 0 Å². The molecular weight excluding hydrogens is 455 g/mol. The number of anilines is 1. The molecular formula is C18H18ClIN2O3. The first-order chi connectivity index (χ1) is 12.0. The first-order valence-corrected chi connectivity index (χ1v) is 9.09. The van der Waals surface area contributed by atoms with Crippen LogP contribution in [0, 0.1) is 3.57 Å². The third kappa shape index (κ3) is 6.21. The van der Waals surface area contributed by atoms with Gasteiger partial charge >= 0.3 is 6.09 Å². The Labute approximate surface area is 165 Å². The molecule has 0 radical (unpaired) electrons. The number of amides is 1. The SMILES string of the molecule is CCc1cc(Cl)ccc1NC(=O)OC(Cc1ccc(I)cc1)=NOC. The molecule has 0 atom stereocenters. The molecule has 0 fully saturated rings. The average Bonchev–Trinajstić information content (AvgIpc) is 2.58. The summed E-state index contributed by atoms with van der Waals surface area (Å²) in [7, 11) is 1.41. The summed E-state index contributed by atoms with van der Waals surface area (Å²) < 4.78 is 6.42. The average molecular weight is 473 g/mol. The molecule has 25 heavy (non-hydrogen) atoms. The highest BCUT2D eigenvalue weighted by atomic mass is 127. The van der Waals surface area contributed by atoms with E-state index >= 15 is 0 Å². The number of nitrogens with zero attached hydrogens (tertiary/aromatic N) is 1. The van der Waals surface area contributed by atoms with Gasteiger partial charge in [0.05, 0.1) is 6.42 Å². The second-order valence-electron chi connectivity index (χ2n) is 5.14. The van der Waals surface area contributed by atoms with Crippen molar-refractivity contribution in [2.75, 3.05) is 12.4 Å². The summed E-state index contributed by atoms with van der Waals surface area (Å²) in [6.07, 6.45) is 0.454. The van der Waals surface area contributed by atoms with E-state index < -0.39 is 6.09 Å². The van der Waals surface area contributed by atoms with Crippen LogP contribution in [0.4, 0.5) is 10.5 Å². The second-order valence-corrected chi connectivity index (χ2v) is 6.82. The lowest BCUT2D eigenvalue weighted by Crippen LogP contribution is -2.21. The standard InChI is InChI=1S/C18H18ClIN2O3/c1-3-13-11-14(19)6-9-16(13)21-18(23)25-17(22-24-2)10-12-4-7-15(20)8-5-12/h4-9,11H,3,10H2,1-2H3,(H,21,23). The molecule has 2 aromatic rings. The molecule has 2 aromatic carbocycles. The van der Waals surface area contributed by atoms with Crippen LogP contribution in [0.25, 0.3) is 0 Å². The van der Waals surface area contributed by atoms with Crippen LogP contribution in [0.5, 0.6) is 0 Å². The lowest BCUT2D eigenvalue weighted by Gasteiger charge is -2.11. The summed E-state index contributed by atoms with van der Waals surface area (Å²) in [6, 6.07) is 13.1. The van der Waals surface area contributed by atoms with E-state index in [1.165, 1.54) is 7.11 Å². The number of benzene rings is 2. The number of hydrogen-bond acceptors (Lipinski definition) is 4. The van der Waals surface area contributed by atoms with Crippen molar-refractivity contribution in [1.82, 2.24) is 0 Å². The topological polar surface area (TPSA) is 59.9 Å². The van der Waals surface area contributed by atoms with Crippen LogP contribution >= 0.6 is 34.2 Å². The van der Waals surface area contributed by atoms with Crippen LogP contribution in [0.1, 0.15) is 18.1 Å². The number of carbonyl (C=O) groups excluding carboxylic acids is 1. The third-order valence-electron chi connectivity index (χ3n) is 3.36. The van der Waals surface area contributed by atoms with Gasteiger partial charge in [-0.05, 0) is 70.5 Å². The van der Waals surface area contributed by atoms with E-state index in [0.29, 0.717) is 17.1 Å². The number of oxime groups is 1. The highest BCUT2D eigenvalue weighted by Crippen LogP contribution is 2.21. The van der Waals surface area contributed by atoms with E-state index in [2.05, 4.69) is 33.1 Å². The van der Waals surface area contributed by atoms with Crippen LogP contribution in [-0.2, 0) is 22.4 Å². The molecule has 0 aliphatic heterocycles. The zero-order valence-corrected chi connectivity index (χ0v) is 16.8. The molecule has 132 valence electrons. The first kappa shape index (κ1) is 19.5. The fraction of sp³-hybridized carbons (Fsp3) is 0.222. The Hall–Kier alpha value is -1.80. The van der Waals surface area contributed by atoms with E-state index in [-0.39, 0.29) is 5.90 Å². The molecule has 1 amide bonds. The fourth-order valence-corrected chi connectivity index (χ4v) is 2.74. The van der Waals surface area contributed by atoms with Crippen LogP contribution in [-0.4, -0.2) is 19.1 Å². The first-order valence-electron chi connectivity index (χ1n) is 7.63. The normalized spacial score (nSPS) is 11.1. The van der Waals surface area contributed by atoms with Crippen LogP contribution in [0.3, 0.4) is 0 Å². The summed E-state index contributed by atoms with van der Waals surface area (Å²) in [5.74, 6) is 0.174. The van der Waals surface area contributed by atoms with Gasteiger partial charge in [0.15, 0.2) is 0 Å². The van der Waals surface area contributed by atoms with Crippen molar-refractivity contribution in [3.05, 3.63) is 62.2 Å². The van der Waals surface area contributed by atoms with Crippen LogP contribution < -0.4 is 5.32 Å². The predicted molar refractivity (Wildman–Crippen MR) is 108 cm³/mol. The summed E-state index contributed by atoms with van der Waals surface area (Å²) in [5, 5.41) is 7.13. The Kier molecular flexibility index (Phi) is 7.52. The number of rotatable bonds is 5. The Balaban J connectivity index is 2.05. The third-order valence-corrected chi connectivity index (χ3v) is 4.31. The van der Waals surface area contributed by atoms with Crippen molar-refractivity contribution in [2.45, 2.75) is 19.8 Å². The molecule has 2 rings (SSSR count). The van der Waals surface area contributed by atoms with Gasteiger partial charge in [-0.1, -0.05) is 35.8 Å². The van der Waals surface area contributed by atoms with Crippen molar-refractivity contribution < 1.29 is 14.4 Å². The number of ether oxygens (including phenoxy) is 1. The molecule has 0 unspecified atom stereocenters. The monoisotopic (exact) mass is 472 g/mol. The molecule has 0 spiro atoms. The van der Waals surface area contributed by atoms with E-state index in [1.807, 2.05) is 37.3 Å². The smallest absolute Gasteiger partial charge is 0.396 e. The van der Waals surface area contributed by atoms with Gasteiger partial charge in [-0.2, -0.15) is 0 Å². The quantitative estimate of drug-likeness (QED) is 0.280. The summed E-state index contributed by atoms with van der Waals surface area (Å²) in [5.41, 5.74) is 2.54. The molecule has 0 aliphatic carbocycles. The minimum atomic E-state index is -0.627. The molecule has 0 saturated heterocycles. The lowest BCUT2D eigenvalue weighted by atomic mass is 10.1. The van der Waals surface area contributed by atoms with E-state index in [9.17, 15) is 4.79 Å². The molecule has 7 heteroatoms. The minimum absolute atomic E-state index is 0.174. The van der Waals surface area contributed by atoms with Gasteiger partial charge in [0.25, 0.3) is 0 Å². The summed E-state index contributed by atoms with van der Waals surface area (Å²) in [6.45, 7) is 1.98. The van der Waals surface area contributed by atoms with Gasteiger partial charge in [0.1, 0.15) is 7.11 Å². The van der Waals surface area contributed by atoms with Crippen LogP contribution in [0.15, 0.2) is 47.6 Å². The molecule has 0 saturated carbocycles. The molecule has 0 heterocycles. The molecule has 0 aromatic heterocycles. The van der Waals surface area contributed by atoms with Crippen LogP contribution in [0.2, 0.25) is 5.02 Å². The molecule has 1 N–H and O–H groups in total. The van der Waals surface area contributed by atoms with Crippen molar-refractivity contribution in [1.29, 1.82) is 0 Å². The predicted octanol–water partition coefficient (Wildman–Crippen LogP) is 5.26. The Morgan fingerprint density at radius 1 is 1.24 bits per heavy atom. The largest absolute Gasteiger partial charge is 0.418 e. The van der Waals surface area contributed by atoms with Gasteiger partial charge < -0.3 is 9.57 Å². The maximum Gasteiger partial charge on any atom is 0.418 e. The Morgan fingerprint density at radius 3 is 2.60 bits per heavy atom. The number of aryl methyl sites for hydroxylation is 1. The maximum absolute atomic E-state index is 12.2. The Morgan fingerprint density at radius 2 is 1.96 bits per heavy atom. The van der Waals surface area contributed by atoms with Gasteiger partial charge in [-0.25, -0.2) is 4.79 Å². The zero-order chi connectivity index (χ0) is 18.2. The highest BCUT2D eigenvalue weighted by molar-refractivity contribution is 14.1. The number of nitrogens with one attached hydrogen (secondary N) is 1. The van der Waals surface area contributed by atoms with Crippen molar-refractivity contribution >= 4 is 51.9 Å². The van der Waals surface area contributed by atoms with Gasteiger partial charge in [-0.3, -0.25) is 5.32 Å². The fourth-order valence-electron chi connectivity index (χ4n) is 2.18. The van der Waals surface area contributed by atoms with Crippen molar-refractivity contribution in [3.8, 4) is 0 Å². The van der Waals surface area contributed by atoms with Gasteiger partial charge in [0, 0.05) is 14.3 Å². The number of hydrogen-bond donors (Lipinski definition) is 1. The van der Waals surface area contributed by atoms with Gasteiger partial charge in [-0.15, -0.1) is 0 Å². The highest BCUT2D eigenvalue weighted by Gasteiger charge is 2.13. The minimum Gasteiger partial charge on any atom is -0.396 e. The summed E-state index contributed by atoms with van der Waals surface area (Å²) >= 11 is 8.21. The van der Waals surface area contributed by atoms with Gasteiger partial charge in [0.2, 0.25) is 5.90 Å². The van der Waals surface area contributed by atoms with E-state index in [1.54, 1.807) is 12.1 Å². The number of halogens is 2. The number of carbonyl (C=O) groups is 1. The lowest BCUT2D eigenvalue weighted by molar-refractivity contribution is 0.186. The Bertz CT molecular complexity index is 763. The molecule has 0 aliphatic rings. The van der Waals surface area contributed by atoms with E-state index in [0.717, 1.165) is 21.1 Å². The van der Waals surface area contributed by atoms with Crippen molar-refractivity contribution in [2.24, 2.45) is 5.16 Å². The second kappa shape index (κ2) is 9.62. The molecule has 5 nitrogen and oxygen atoms in total. The summed E-state index contributed by atoms with van der Waals surface area (Å²) in [4.78, 5) is 17.0.